The second-order valence-electron chi connectivity index (χ2n) is 7.71. The van der Waals surface area contributed by atoms with Gasteiger partial charge in [-0.05, 0) is 42.1 Å². The zero-order valence-electron chi connectivity index (χ0n) is 15.6. The molecule has 5 heteroatoms. The number of carbonyl (C=O) groups is 1. The molecule has 1 saturated heterocycles. The summed E-state index contributed by atoms with van der Waals surface area (Å²) in [4.78, 5) is 23.5. The summed E-state index contributed by atoms with van der Waals surface area (Å²) in [6, 6.07) is 16.2. The molecule has 4 rings (SSSR count). The van der Waals surface area contributed by atoms with Gasteiger partial charge in [0, 0.05) is 37.4 Å². The summed E-state index contributed by atoms with van der Waals surface area (Å²) < 4.78 is 0. The fourth-order valence-electron chi connectivity index (χ4n) is 3.73. The predicted molar refractivity (Wildman–Crippen MR) is 106 cm³/mol. The van der Waals surface area contributed by atoms with E-state index in [1.165, 1.54) is 5.56 Å². The van der Waals surface area contributed by atoms with Crippen LogP contribution in [0.1, 0.15) is 29.3 Å². The number of amides is 1. The number of aromatic nitrogens is 2. The highest BCUT2D eigenvalue weighted by Gasteiger charge is 2.34. The fourth-order valence-corrected chi connectivity index (χ4v) is 3.73. The third-order valence-corrected chi connectivity index (χ3v) is 5.28. The van der Waals surface area contributed by atoms with E-state index in [4.69, 9.17) is 0 Å². The van der Waals surface area contributed by atoms with Crippen LogP contribution < -0.4 is 5.32 Å². The highest BCUT2D eigenvalue weighted by Crippen LogP contribution is 2.30. The van der Waals surface area contributed by atoms with E-state index in [1.807, 2.05) is 24.3 Å². The minimum Gasteiger partial charge on any atom is -0.351 e. The van der Waals surface area contributed by atoms with E-state index in [0.717, 1.165) is 31.4 Å². The Morgan fingerprint density at radius 2 is 2.04 bits per heavy atom. The standard InChI is InChI=1S/C22H24N4O/c1-22(9-11-26(16-22)14-17-6-3-2-4-7-17)15-25-21(27)19-12-18-8-5-10-23-20(18)24-13-19/h2-8,10,12-13H,9,11,14-16H2,1H3,(H,25,27). The average Bonchev–Trinajstić information content (AvgIpc) is 3.07. The second kappa shape index (κ2) is 7.45. The smallest absolute Gasteiger partial charge is 0.252 e. The number of hydrogen-bond donors (Lipinski definition) is 1. The molecule has 1 N–H and O–H groups in total. The van der Waals surface area contributed by atoms with Crippen molar-refractivity contribution in [1.29, 1.82) is 0 Å². The van der Waals surface area contributed by atoms with Gasteiger partial charge >= 0.3 is 0 Å². The van der Waals surface area contributed by atoms with Crippen molar-refractivity contribution >= 4 is 16.9 Å². The third-order valence-electron chi connectivity index (χ3n) is 5.28. The minimum absolute atomic E-state index is 0.0732. The van der Waals surface area contributed by atoms with E-state index in [2.05, 4.69) is 51.4 Å². The van der Waals surface area contributed by atoms with E-state index in [-0.39, 0.29) is 11.3 Å². The Morgan fingerprint density at radius 3 is 2.89 bits per heavy atom. The van der Waals surface area contributed by atoms with Crippen LogP contribution in [0, 0.1) is 5.41 Å². The lowest BCUT2D eigenvalue weighted by molar-refractivity contribution is 0.0933. The topological polar surface area (TPSA) is 58.1 Å². The first kappa shape index (κ1) is 17.6. The van der Waals surface area contributed by atoms with Gasteiger partial charge in [-0.25, -0.2) is 9.97 Å². The molecule has 5 nitrogen and oxygen atoms in total. The van der Waals surface area contributed by atoms with E-state index >= 15 is 0 Å². The molecule has 3 aromatic rings. The van der Waals surface area contributed by atoms with Crippen LogP contribution in [-0.2, 0) is 6.54 Å². The van der Waals surface area contributed by atoms with Crippen LogP contribution in [0.2, 0.25) is 0 Å². The lowest BCUT2D eigenvalue weighted by atomic mass is 9.89. The first-order chi connectivity index (χ1) is 13.1. The normalized spacial score (nSPS) is 20.0. The van der Waals surface area contributed by atoms with Gasteiger partial charge in [0.05, 0.1) is 5.56 Å². The molecule has 1 aliphatic heterocycles. The number of fused-ring (bicyclic) bond motifs is 1. The van der Waals surface area contributed by atoms with Crippen LogP contribution in [0.5, 0.6) is 0 Å². The Bertz CT molecular complexity index is 943. The number of hydrogen-bond acceptors (Lipinski definition) is 4. The van der Waals surface area contributed by atoms with Gasteiger partial charge in [-0.1, -0.05) is 37.3 Å². The average molecular weight is 360 g/mol. The van der Waals surface area contributed by atoms with Gasteiger partial charge in [-0.15, -0.1) is 0 Å². The highest BCUT2D eigenvalue weighted by atomic mass is 16.1. The monoisotopic (exact) mass is 360 g/mol. The van der Waals surface area contributed by atoms with Crippen LogP contribution in [0.15, 0.2) is 60.9 Å². The molecule has 0 aliphatic carbocycles. The number of nitrogens with one attached hydrogen (secondary N) is 1. The van der Waals surface area contributed by atoms with Crippen molar-refractivity contribution in [2.75, 3.05) is 19.6 Å². The molecule has 1 amide bonds. The van der Waals surface area contributed by atoms with E-state index in [9.17, 15) is 4.79 Å². The summed E-state index contributed by atoms with van der Waals surface area (Å²) in [6.07, 6.45) is 4.39. The van der Waals surface area contributed by atoms with Gasteiger partial charge in [-0.2, -0.15) is 0 Å². The molecule has 1 atom stereocenters. The van der Waals surface area contributed by atoms with Crippen LogP contribution in [0.25, 0.3) is 11.0 Å². The van der Waals surface area contributed by atoms with Gasteiger partial charge in [0.1, 0.15) is 0 Å². The van der Waals surface area contributed by atoms with Crippen molar-refractivity contribution in [3.63, 3.8) is 0 Å². The first-order valence-electron chi connectivity index (χ1n) is 9.37. The summed E-state index contributed by atoms with van der Waals surface area (Å²) >= 11 is 0. The quantitative estimate of drug-likeness (QED) is 0.759. The molecule has 0 radical (unpaired) electrons. The largest absolute Gasteiger partial charge is 0.351 e. The lowest BCUT2D eigenvalue weighted by Crippen LogP contribution is -2.37. The minimum atomic E-state index is -0.0732. The molecular weight excluding hydrogens is 336 g/mol. The second-order valence-corrected chi connectivity index (χ2v) is 7.71. The maximum atomic E-state index is 12.6. The molecule has 3 heterocycles. The molecule has 2 aromatic heterocycles. The Morgan fingerprint density at radius 1 is 1.19 bits per heavy atom. The molecule has 138 valence electrons. The van der Waals surface area contributed by atoms with Gasteiger partial charge in [-0.3, -0.25) is 9.69 Å². The molecule has 1 unspecified atom stereocenters. The SMILES string of the molecule is CC1(CNC(=O)c2cnc3ncccc3c2)CCN(Cc2ccccc2)C1. The van der Waals surface area contributed by atoms with Crippen molar-refractivity contribution in [1.82, 2.24) is 20.2 Å². The molecule has 27 heavy (non-hydrogen) atoms. The number of pyridine rings is 2. The maximum Gasteiger partial charge on any atom is 0.252 e. The van der Waals surface area contributed by atoms with E-state index in [0.29, 0.717) is 17.8 Å². The zero-order chi connectivity index (χ0) is 18.7. The van der Waals surface area contributed by atoms with E-state index < -0.39 is 0 Å². The summed E-state index contributed by atoms with van der Waals surface area (Å²) in [5, 5.41) is 3.99. The van der Waals surface area contributed by atoms with Crippen molar-refractivity contribution < 1.29 is 4.79 Å². The third kappa shape index (κ3) is 4.14. The molecule has 0 saturated carbocycles. The van der Waals surface area contributed by atoms with Crippen molar-refractivity contribution in [3.8, 4) is 0 Å². The fraction of sp³-hybridized carbons (Fsp3) is 0.318. The lowest BCUT2D eigenvalue weighted by Gasteiger charge is -2.25. The van der Waals surface area contributed by atoms with Crippen molar-refractivity contribution in [2.45, 2.75) is 19.9 Å². The highest BCUT2D eigenvalue weighted by molar-refractivity contribution is 5.96. The van der Waals surface area contributed by atoms with Crippen LogP contribution >= 0.6 is 0 Å². The Labute approximate surface area is 159 Å². The number of likely N-dealkylation sites (tertiary alicyclic amines) is 1. The van der Waals surface area contributed by atoms with Gasteiger partial charge in [0.25, 0.3) is 5.91 Å². The molecule has 1 fully saturated rings. The summed E-state index contributed by atoms with van der Waals surface area (Å²) in [7, 11) is 0. The van der Waals surface area contributed by atoms with Gasteiger partial charge < -0.3 is 5.32 Å². The van der Waals surface area contributed by atoms with Crippen LogP contribution in [-0.4, -0.2) is 40.4 Å². The maximum absolute atomic E-state index is 12.6. The number of carbonyl (C=O) groups excluding carboxylic acids is 1. The molecule has 1 aliphatic rings. The summed E-state index contributed by atoms with van der Waals surface area (Å²) in [5.74, 6) is -0.0732. The number of nitrogens with zero attached hydrogens (tertiary/aromatic N) is 3. The summed E-state index contributed by atoms with van der Waals surface area (Å²) in [6.45, 7) is 5.93. The molecule has 0 bridgehead atoms. The summed E-state index contributed by atoms with van der Waals surface area (Å²) in [5.41, 5.74) is 2.67. The van der Waals surface area contributed by atoms with Gasteiger partial charge in [0.2, 0.25) is 0 Å². The Kier molecular flexibility index (Phi) is 4.86. The Hall–Kier alpha value is -2.79. The number of benzene rings is 1. The molecule has 0 spiro atoms. The van der Waals surface area contributed by atoms with E-state index in [1.54, 1.807) is 12.4 Å². The van der Waals surface area contributed by atoms with Crippen LogP contribution in [0.4, 0.5) is 0 Å². The van der Waals surface area contributed by atoms with Crippen molar-refractivity contribution in [2.24, 2.45) is 5.41 Å². The molecule has 1 aromatic carbocycles. The first-order valence-corrected chi connectivity index (χ1v) is 9.37. The Balaban J connectivity index is 1.35. The van der Waals surface area contributed by atoms with Gasteiger partial charge in [0.15, 0.2) is 5.65 Å². The predicted octanol–water partition coefficient (Wildman–Crippen LogP) is 3.27. The number of rotatable bonds is 5. The zero-order valence-corrected chi connectivity index (χ0v) is 15.6. The van der Waals surface area contributed by atoms with Crippen LogP contribution in [0.3, 0.4) is 0 Å². The molecular formula is C22H24N4O. The van der Waals surface area contributed by atoms with Crippen molar-refractivity contribution in [3.05, 3.63) is 72.1 Å².